The predicted octanol–water partition coefficient (Wildman–Crippen LogP) is 6.08. The summed E-state index contributed by atoms with van der Waals surface area (Å²) in [5, 5.41) is 0. The highest BCUT2D eigenvalue weighted by atomic mass is 28.3. The summed E-state index contributed by atoms with van der Waals surface area (Å²) in [7, 11) is -0.889. The summed E-state index contributed by atoms with van der Waals surface area (Å²) in [6.07, 6.45) is 0.936. The molecule has 157 valence electrons. The average molecular weight is 406 g/mol. The second-order valence-corrected chi connectivity index (χ2v) is 13.2. The molecule has 2 saturated heterocycles. The minimum atomic E-state index is -0.889. The van der Waals surface area contributed by atoms with Crippen molar-refractivity contribution in [2.45, 2.75) is 85.8 Å². The molecule has 2 atom stereocenters. The summed E-state index contributed by atoms with van der Waals surface area (Å²) in [4.78, 5) is 11.8. The van der Waals surface area contributed by atoms with E-state index < -0.39 is 20.4 Å². The minimum absolute atomic E-state index is 0.0801. The van der Waals surface area contributed by atoms with Crippen LogP contribution in [-0.2, 0) is 20.3 Å². The van der Waals surface area contributed by atoms with Crippen molar-refractivity contribution in [1.82, 2.24) is 0 Å². The van der Waals surface area contributed by atoms with Gasteiger partial charge in [0, 0.05) is 16.4 Å². The van der Waals surface area contributed by atoms with Gasteiger partial charge < -0.3 is 9.16 Å². The van der Waals surface area contributed by atoms with E-state index in [9.17, 15) is 0 Å². The summed E-state index contributed by atoms with van der Waals surface area (Å²) < 4.78 is 12.6. The van der Waals surface area contributed by atoms with Crippen LogP contribution in [0.2, 0.25) is 12.6 Å². The van der Waals surface area contributed by atoms with Crippen LogP contribution < -0.4 is 4.43 Å². The molecule has 0 bridgehead atoms. The molecule has 2 heterocycles. The highest BCUT2D eigenvalue weighted by Gasteiger charge is 2.78. The fraction of sp³-hybridized carbons (Fsp3) is 0.739. The van der Waals surface area contributed by atoms with Gasteiger partial charge in [0.1, 0.15) is 5.75 Å². The Kier molecular flexibility index (Phi) is 5.32. The molecule has 2 aliphatic rings. The average Bonchev–Trinajstić information content (AvgIpc) is 2.47. The molecule has 5 heteroatoms. The molecule has 3 rings (SSSR count). The third kappa shape index (κ3) is 3.34. The zero-order valence-electron chi connectivity index (χ0n) is 19.1. The zero-order chi connectivity index (χ0) is 21.0. The van der Waals surface area contributed by atoms with Gasteiger partial charge in [0.05, 0.1) is 6.61 Å². The summed E-state index contributed by atoms with van der Waals surface area (Å²) in [5.41, 5.74) is 0.487. The molecule has 1 aromatic rings. The van der Waals surface area contributed by atoms with E-state index in [1.54, 1.807) is 0 Å². The topological polar surface area (TPSA) is 36.9 Å². The van der Waals surface area contributed by atoms with Crippen molar-refractivity contribution in [3.63, 3.8) is 0 Å². The van der Waals surface area contributed by atoms with E-state index in [1.807, 2.05) is 12.1 Å². The molecule has 0 aliphatic carbocycles. The van der Waals surface area contributed by atoms with Gasteiger partial charge in [-0.25, -0.2) is 4.89 Å². The Hall–Kier alpha value is -0.883. The van der Waals surface area contributed by atoms with Gasteiger partial charge in [-0.05, 0) is 48.7 Å². The second-order valence-electron chi connectivity index (χ2n) is 11.3. The Morgan fingerprint density at radius 3 is 2.07 bits per heavy atom. The van der Waals surface area contributed by atoms with Crippen molar-refractivity contribution in [3.8, 4) is 5.75 Å². The van der Waals surface area contributed by atoms with Gasteiger partial charge >= 0.3 is 0 Å². The number of benzene rings is 1. The third-order valence-corrected chi connectivity index (χ3v) is 8.24. The number of ether oxygens (including phenoxy) is 1. The molecule has 0 N–H and O–H groups in total. The molecular weight excluding hydrogens is 368 g/mol. The monoisotopic (exact) mass is 405 g/mol. The molecule has 0 spiro atoms. The van der Waals surface area contributed by atoms with Crippen LogP contribution in [-0.4, -0.2) is 21.2 Å². The summed E-state index contributed by atoms with van der Waals surface area (Å²) in [6, 6.07) is 9.34. The molecule has 0 aromatic heterocycles. The quantitative estimate of drug-likeness (QED) is 0.449. The van der Waals surface area contributed by atoms with E-state index in [4.69, 9.17) is 18.9 Å². The van der Waals surface area contributed by atoms with Crippen LogP contribution in [0.5, 0.6) is 5.75 Å². The zero-order valence-corrected chi connectivity index (χ0v) is 20.1. The van der Waals surface area contributed by atoms with E-state index in [0.717, 1.165) is 23.8 Å². The van der Waals surface area contributed by atoms with Crippen molar-refractivity contribution in [3.05, 3.63) is 29.8 Å². The largest absolute Gasteiger partial charge is 0.542 e. The summed E-state index contributed by atoms with van der Waals surface area (Å²) in [5.74, 6) is 0.0363. The lowest BCUT2D eigenvalue weighted by Gasteiger charge is -2.69. The highest BCUT2D eigenvalue weighted by Crippen LogP contribution is 2.67. The lowest BCUT2D eigenvalue weighted by molar-refractivity contribution is -0.664. The number of fused-ring (bicyclic) bond motifs is 1. The Labute approximate surface area is 172 Å². The standard InChI is InChI=1S/C23H37O4Si/c1-19(2,3)16-28(9)25-18-12-10-17(11-13-18)22-23(27-26-22,20(4,5)6)21(7,8)14-15-24-22/h10-13H,14-16H2,1-9H3. The molecule has 1 radical (unpaired) electrons. The summed E-state index contributed by atoms with van der Waals surface area (Å²) in [6.45, 7) is 20.8. The van der Waals surface area contributed by atoms with E-state index in [-0.39, 0.29) is 16.2 Å². The van der Waals surface area contributed by atoms with Crippen LogP contribution in [0.15, 0.2) is 24.3 Å². The SMILES string of the molecule is C[Si](CC(C)(C)C)Oc1ccc(C23OCCC(C)(C)C2(C(C)(C)C)OO3)cc1. The molecule has 0 saturated carbocycles. The van der Waals surface area contributed by atoms with E-state index >= 15 is 0 Å². The molecule has 2 unspecified atom stereocenters. The first-order valence-electron chi connectivity index (χ1n) is 10.4. The van der Waals surface area contributed by atoms with Crippen molar-refractivity contribution < 1.29 is 18.9 Å². The van der Waals surface area contributed by atoms with Crippen LogP contribution in [0.25, 0.3) is 0 Å². The third-order valence-electron chi connectivity index (χ3n) is 6.09. The first-order valence-corrected chi connectivity index (χ1v) is 12.5. The van der Waals surface area contributed by atoms with Gasteiger partial charge in [-0.1, -0.05) is 55.4 Å². The molecule has 1 aromatic carbocycles. The van der Waals surface area contributed by atoms with E-state index in [1.165, 1.54) is 0 Å². The molecule has 4 nitrogen and oxygen atoms in total. The molecule has 2 aliphatic heterocycles. The lowest BCUT2D eigenvalue weighted by atomic mass is 9.53. The molecule has 2 fully saturated rings. The highest BCUT2D eigenvalue weighted by molar-refractivity contribution is 6.51. The van der Waals surface area contributed by atoms with Crippen molar-refractivity contribution in [2.24, 2.45) is 16.2 Å². The molecule has 28 heavy (non-hydrogen) atoms. The van der Waals surface area contributed by atoms with Crippen LogP contribution >= 0.6 is 0 Å². The maximum absolute atomic E-state index is 6.32. The first-order chi connectivity index (χ1) is 12.7. The van der Waals surface area contributed by atoms with Gasteiger partial charge in [-0.2, -0.15) is 4.89 Å². The summed E-state index contributed by atoms with van der Waals surface area (Å²) >= 11 is 0. The van der Waals surface area contributed by atoms with Crippen molar-refractivity contribution in [2.75, 3.05) is 6.61 Å². The lowest BCUT2D eigenvalue weighted by Crippen LogP contribution is -2.79. The van der Waals surface area contributed by atoms with Crippen LogP contribution in [0.1, 0.15) is 67.4 Å². The van der Waals surface area contributed by atoms with Crippen molar-refractivity contribution >= 4 is 9.04 Å². The van der Waals surface area contributed by atoms with Crippen LogP contribution in [0, 0.1) is 16.2 Å². The van der Waals surface area contributed by atoms with Crippen LogP contribution in [0.3, 0.4) is 0 Å². The van der Waals surface area contributed by atoms with Gasteiger partial charge in [0.2, 0.25) is 0 Å². The maximum Gasteiger partial charge on any atom is 0.278 e. The predicted molar refractivity (Wildman–Crippen MR) is 113 cm³/mol. The Balaban J connectivity index is 1.88. The first kappa shape index (κ1) is 21.8. The van der Waals surface area contributed by atoms with Crippen molar-refractivity contribution in [1.29, 1.82) is 0 Å². The maximum atomic E-state index is 6.32. The fourth-order valence-electron chi connectivity index (χ4n) is 5.21. The second kappa shape index (κ2) is 6.83. The minimum Gasteiger partial charge on any atom is -0.542 e. The van der Waals surface area contributed by atoms with Gasteiger partial charge in [-0.15, -0.1) is 0 Å². The number of rotatable bonds is 4. The number of hydrogen-bond donors (Lipinski definition) is 0. The van der Waals surface area contributed by atoms with E-state index in [0.29, 0.717) is 6.61 Å². The number of hydrogen-bond acceptors (Lipinski definition) is 4. The van der Waals surface area contributed by atoms with Crippen LogP contribution in [0.4, 0.5) is 0 Å². The van der Waals surface area contributed by atoms with E-state index in [2.05, 4.69) is 74.1 Å². The Morgan fingerprint density at radius 1 is 1.00 bits per heavy atom. The molecule has 0 amide bonds. The van der Waals surface area contributed by atoms with Gasteiger partial charge in [0.15, 0.2) is 5.60 Å². The van der Waals surface area contributed by atoms with Gasteiger partial charge in [-0.3, -0.25) is 0 Å². The molecular formula is C23H37O4Si. The Morgan fingerprint density at radius 2 is 1.61 bits per heavy atom. The normalized spacial score (nSPS) is 29.9. The van der Waals surface area contributed by atoms with Gasteiger partial charge in [0.25, 0.3) is 14.8 Å². The Bertz CT molecular complexity index is 701. The fourth-order valence-corrected chi connectivity index (χ4v) is 7.31. The smallest absolute Gasteiger partial charge is 0.278 e.